The predicted molar refractivity (Wildman–Crippen MR) is 54.5 cm³/mol. The number of fused-ring (bicyclic) bond motifs is 1. The highest BCUT2D eigenvalue weighted by atomic mass is 35.5. The van der Waals surface area contributed by atoms with Crippen LogP contribution in [0.5, 0.6) is 0 Å². The van der Waals surface area contributed by atoms with Gasteiger partial charge >= 0.3 is 0 Å². The molecule has 68 valence electrons. The fourth-order valence-corrected chi connectivity index (χ4v) is 1.94. The van der Waals surface area contributed by atoms with Crippen LogP contribution in [0, 0.1) is 0 Å². The first-order chi connectivity index (χ1) is 6.16. The van der Waals surface area contributed by atoms with Gasteiger partial charge in [0.15, 0.2) is 0 Å². The Balaban J connectivity index is 2.54. The van der Waals surface area contributed by atoms with E-state index in [0.717, 1.165) is 11.1 Å². The average Bonchev–Trinajstić information content (AvgIpc) is 2.06. The summed E-state index contributed by atoms with van der Waals surface area (Å²) in [5, 5.41) is 1.02. The maximum Gasteiger partial charge on any atom is 0.129 e. The Hall–Kier alpha value is -0.440. The van der Waals surface area contributed by atoms with E-state index in [-0.39, 0.29) is 0 Å². The van der Waals surface area contributed by atoms with Crippen molar-refractivity contribution in [3.05, 3.63) is 34.7 Å². The molecule has 0 aromatic carbocycles. The second-order valence-electron chi connectivity index (χ2n) is 2.70. The molecule has 1 aromatic heterocycles. The third-order valence-corrected chi connectivity index (χ3v) is 2.51. The van der Waals surface area contributed by atoms with E-state index in [1.165, 1.54) is 4.42 Å². The van der Waals surface area contributed by atoms with Crippen LogP contribution in [0.15, 0.2) is 18.5 Å². The van der Waals surface area contributed by atoms with E-state index in [0.29, 0.717) is 16.7 Å². The van der Waals surface area contributed by atoms with Crippen LogP contribution in [-0.4, -0.2) is 9.40 Å². The standard InChI is InChI=1S/C8H5Cl3N2/c9-7-4-13(11)3-5-2-12-8(10)1-6(5)7/h1-2,4H,3H2. The quantitative estimate of drug-likeness (QED) is 0.507. The molecule has 2 nitrogen and oxygen atoms in total. The number of nitrogens with zero attached hydrogens (tertiary/aromatic N) is 2. The topological polar surface area (TPSA) is 16.1 Å². The molecule has 0 atom stereocenters. The largest absolute Gasteiger partial charge is 0.287 e. The number of aromatic nitrogens is 1. The van der Waals surface area contributed by atoms with Gasteiger partial charge in [0.2, 0.25) is 0 Å². The molecule has 0 unspecified atom stereocenters. The summed E-state index contributed by atoms with van der Waals surface area (Å²) < 4.78 is 1.49. The molecule has 0 amide bonds. The summed E-state index contributed by atoms with van der Waals surface area (Å²) in [5.41, 5.74) is 1.88. The highest BCUT2D eigenvalue weighted by Gasteiger charge is 2.15. The molecule has 0 fully saturated rings. The minimum absolute atomic E-state index is 0.438. The number of pyridine rings is 1. The third kappa shape index (κ3) is 1.75. The van der Waals surface area contributed by atoms with Gasteiger partial charge in [-0.05, 0) is 6.07 Å². The van der Waals surface area contributed by atoms with Gasteiger partial charge in [0, 0.05) is 35.3 Å². The smallest absolute Gasteiger partial charge is 0.129 e. The zero-order valence-corrected chi connectivity index (χ0v) is 8.74. The summed E-state index contributed by atoms with van der Waals surface area (Å²) in [4.78, 5) is 3.96. The lowest BCUT2D eigenvalue weighted by molar-refractivity contribution is 0.591. The van der Waals surface area contributed by atoms with E-state index >= 15 is 0 Å². The molecule has 13 heavy (non-hydrogen) atoms. The molecule has 0 bridgehead atoms. The van der Waals surface area contributed by atoms with Gasteiger partial charge in [-0.1, -0.05) is 23.2 Å². The van der Waals surface area contributed by atoms with Crippen LogP contribution in [0.2, 0.25) is 5.15 Å². The van der Waals surface area contributed by atoms with Gasteiger partial charge < -0.3 is 0 Å². The van der Waals surface area contributed by atoms with Crippen molar-refractivity contribution in [1.82, 2.24) is 9.40 Å². The highest BCUT2D eigenvalue weighted by Crippen LogP contribution is 2.30. The normalized spacial score (nSPS) is 15.3. The van der Waals surface area contributed by atoms with Crippen molar-refractivity contribution in [2.45, 2.75) is 6.54 Å². The molecule has 0 saturated carbocycles. The van der Waals surface area contributed by atoms with Crippen molar-refractivity contribution in [3.63, 3.8) is 0 Å². The molecule has 2 rings (SSSR count). The summed E-state index contributed by atoms with van der Waals surface area (Å²) in [6.45, 7) is 0.595. The lowest BCUT2D eigenvalue weighted by Gasteiger charge is -2.19. The minimum Gasteiger partial charge on any atom is -0.287 e. The predicted octanol–water partition coefficient (Wildman–Crippen LogP) is 3.24. The summed E-state index contributed by atoms with van der Waals surface area (Å²) >= 11 is 17.5. The molecule has 0 N–H and O–H groups in total. The second kappa shape index (κ2) is 3.37. The Labute approximate surface area is 90.8 Å². The summed E-state index contributed by atoms with van der Waals surface area (Å²) in [7, 11) is 0. The van der Waals surface area contributed by atoms with Gasteiger partial charge in [0.05, 0.1) is 11.6 Å². The Morgan fingerprint density at radius 2 is 2.15 bits per heavy atom. The zero-order valence-electron chi connectivity index (χ0n) is 6.47. The van der Waals surface area contributed by atoms with Gasteiger partial charge in [0.1, 0.15) is 5.15 Å². The van der Waals surface area contributed by atoms with Gasteiger partial charge in [-0.3, -0.25) is 4.42 Å². The fraction of sp³-hybridized carbons (Fsp3) is 0.125. The minimum atomic E-state index is 0.438. The van der Waals surface area contributed by atoms with Crippen LogP contribution in [-0.2, 0) is 6.54 Å². The molecule has 1 aliphatic heterocycles. The van der Waals surface area contributed by atoms with E-state index in [1.807, 2.05) is 0 Å². The van der Waals surface area contributed by atoms with Gasteiger partial charge in [0.25, 0.3) is 0 Å². The zero-order chi connectivity index (χ0) is 9.42. The first-order valence-electron chi connectivity index (χ1n) is 3.61. The van der Waals surface area contributed by atoms with E-state index in [1.54, 1.807) is 18.5 Å². The van der Waals surface area contributed by atoms with E-state index < -0.39 is 0 Å². The maximum absolute atomic E-state index is 5.96. The van der Waals surface area contributed by atoms with Crippen LogP contribution in [0.25, 0.3) is 5.03 Å². The molecule has 2 heterocycles. The number of hydrogen-bond donors (Lipinski definition) is 0. The van der Waals surface area contributed by atoms with Crippen LogP contribution >= 0.6 is 35.0 Å². The first-order valence-corrected chi connectivity index (χ1v) is 4.71. The van der Waals surface area contributed by atoms with Crippen molar-refractivity contribution in [2.24, 2.45) is 0 Å². The van der Waals surface area contributed by atoms with E-state index in [9.17, 15) is 0 Å². The summed E-state index contributed by atoms with van der Waals surface area (Å²) in [6, 6.07) is 1.74. The molecule has 1 aromatic rings. The van der Waals surface area contributed by atoms with Gasteiger partial charge in [-0.15, -0.1) is 0 Å². The molecule has 1 aliphatic rings. The van der Waals surface area contributed by atoms with Crippen LogP contribution in [0.4, 0.5) is 0 Å². The molecule has 5 heteroatoms. The third-order valence-electron chi connectivity index (χ3n) is 1.79. The Kier molecular flexibility index (Phi) is 2.37. The number of rotatable bonds is 0. The Morgan fingerprint density at radius 3 is 2.92 bits per heavy atom. The van der Waals surface area contributed by atoms with Crippen molar-refractivity contribution in [3.8, 4) is 0 Å². The van der Waals surface area contributed by atoms with Crippen LogP contribution < -0.4 is 0 Å². The Bertz CT molecular complexity index is 376. The second-order valence-corrected chi connectivity index (χ2v) is 3.93. The van der Waals surface area contributed by atoms with Crippen molar-refractivity contribution < 1.29 is 0 Å². The van der Waals surface area contributed by atoms with Gasteiger partial charge in [-0.2, -0.15) is 0 Å². The lowest BCUT2D eigenvalue weighted by Crippen LogP contribution is -2.11. The SMILES string of the molecule is ClC1=CN(Cl)Cc2cnc(Cl)cc21. The monoisotopic (exact) mass is 234 g/mol. The molecular formula is C8H5Cl3N2. The summed E-state index contributed by atoms with van der Waals surface area (Å²) in [5.74, 6) is 0. The molecular weight excluding hydrogens is 230 g/mol. The maximum atomic E-state index is 5.96. The average molecular weight is 236 g/mol. The highest BCUT2D eigenvalue weighted by molar-refractivity contribution is 6.49. The molecule has 0 spiro atoms. The number of halogens is 3. The lowest BCUT2D eigenvalue weighted by atomic mass is 10.1. The van der Waals surface area contributed by atoms with Crippen molar-refractivity contribution >= 4 is 40.0 Å². The number of hydrogen-bond acceptors (Lipinski definition) is 2. The van der Waals surface area contributed by atoms with Crippen LogP contribution in [0.3, 0.4) is 0 Å². The van der Waals surface area contributed by atoms with E-state index in [2.05, 4.69) is 4.98 Å². The summed E-state index contributed by atoms with van der Waals surface area (Å²) in [6.07, 6.45) is 3.34. The van der Waals surface area contributed by atoms with Crippen LogP contribution in [0.1, 0.15) is 11.1 Å². The van der Waals surface area contributed by atoms with E-state index in [4.69, 9.17) is 35.0 Å². The Morgan fingerprint density at radius 1 is 1.38 bits per heavy atom. The fourth-order valence-electron chi connectivity index (χ4n) is 1.21. The molecule has 0 saturated heterocycles. The van der Waals surface area contributed by atoms with Gasteiger partial charge in [-0.25, -0.2) is 4.98 Å². The van der Waals surface area contributed by atoms with Crippen molar-refractivity contribution in [1.29, 1.82) is 0 Å². The van der Waals surface area contributed by atoms with Crippen molar-refractivity contribution in [2.75, 3.05) is 0 Å². The first kappa shape index (κ1) is 9.13. The molecule has 0 aliphatic carbocycles. The molecule has 0 radical (unpaired) electrons.